The summed E-state index contributed by atoms with van der Waals surface area (Å²) in [6, 6.07) is 16.8. The molecule has 1 atom stereocenters. The largest absolute Gasteiger partial charge is 0.494 e. The van der Waals surface area contributed by atoms with Gasteiger partial charge in [-0.05, 0) is 67.9 Å². The number of imidazole rings is 1. The summed E-state index contributed by atoms with van der Waals surface area (Å²) < 4.78 is 8.26. The Bertz CT molecular complexity index is 1020. The third-order valence-electron chi connectivity index (χ3n) is 6.44. The fraction of sp³-hybridized carbons (Fsp3) is 0.481. The third kappa shape index (κ3) is 5.70. The number of carbonyl (C=O) groups is 1. The molecule has 1 aromatic heterocycles. The Morgan fingerprint density at radius 2 is 1.94 bits per heavy atom. The van der Waals surface area contributed by atoms with Crippen LogP contribution in [0.3, 0.4) is 0 Å². The lowest BCUT2D eigenvalue weighted by Crippen LogP contribution is -2.27. The van der Waals surface area contributed by atoms with Crippen LogP contribution in [0.2, 0.25) is 0 Å². The van der Waals surface area contributed by atoms with E-state index in [2.05, 4.69) is 66.2 Å². The van der Waals surface area contributed by atoms with Gasteiger partial charge in [0, 0.05) is 25.4 Å². The van der Waals surface area contributed by atoms with Gasteiger partial charge < -0.3 is 14.6 Å². The molecule has 1 saturated carbocycles. The van der Waals surface area contributed by atoms with Gasteiger partial charge in [-0.15, -0.1) is 0 Å². The Labute approximate surface area is 191 Å². The van der Waals surface area contributed by atoms with Crippen LogP contribution < -0.4 is 10.1 Å². The van der Waals surface area contributed by atoms with Gasteiger partial charge >= 0.3 is 0 Å². The molecule has 1 N–H and O–H groups in total. The predicted molar refractivity (Wildman–Crippen MR) is 129 cm³/mol. The fourth-order valence-electron chi connectivity index (χ4n) is 4.04. The van der Waals surface area contributed by atoms with Crippen molar-refractivity contribution in [1.29, 1.82) is 0 Å². The Kier molecular flexibility index (Phi) is 7.46. The molecule has 1 aliphatic rings. The molecule has 0 spiro atoms. The summed E-state index contributed by atoms with van der Waals surface area (Å²) in [6.07, 6.45) is 5.98. The minimum absolute atomic E-state index is 0.196. The van der Waals surface area contributed by atoms with Crippen LogP contribution in [0, 0.1) is 5.92 Å². The maximum absolute atomic E-state index is 11.9. The number of nitrogens with one attached hydrogen (secondary N) is 1. The standard InChI is InChI=1S/C27H35N3O2/c1-3-20(2)21-12-14-23(15-13-21)32-19-7-6-18-30-25-9-5-4-8-24(25)29-26(30)16-17-28-27(31)22-10-11-22/h4-5,8-9,12-15,20,22H,3,6-7,10-11,16-19H2,1-2H3,(H,28,31). The van der Waals surface area contributed by atoms with E-state index in [-0.39, 0.29) is 11.8 Å². The van der Waals surface area contributed by atoms with Crippen LogP contribution in [-0.4, -0.2) is 28.6 Å². The van der Waals surface area contributed by atoms with Gasteiger partial charge in [-0.3, -0.25) is 4.79 Å². The van der Waals surface area contributed by atoms with Crippen molar-refractivity contribution in [2.45, 2.75) is 64.8 Å². The van der Waals surface area contributed by atoms with Crippen molar-refractivity contribution in [3.63, 3.8) is 0 Å². The van der Waals surface area contributed by atoms with Gasteiger partial charge in [0.1, 0.15) is 11.6 Å². The number of amides is 1. The molecule has 1 unspecified atom stereocenters. The van der Waals surface area contributed by atoms with E-state index in [1.807, 2.05) is 6.07 Å². The van der Waals surface area contributed by atoms with E-state index in [0.29, 0.717) is 19.1 Å². The highest BCUT2D eigenvalue weighted by atomic mass is 16.5. The fourth-order valence-corrected chi connectivity index (χ4v) is 4.04. The van der Waals surface area contributed by atoms with Crippen LogP contribution in [-0.2, 0) is 17.8 Å². The molecule has 1 amide bonds. The first-order valence-corrected chi connectivity index (χ1v) is 12.1. The molecule has 5 heteroatoms. The van der Waals surface area contributed by atoms with Crippen LogP contribution in [0.1, 0.15) is 63.3 Å². The number of nitrogens with zero attached hydrogens (tertiary/aromatic N) is 2. The summed E-state index contributed by atoms with van der Waals surface area (Å²) in [4.78, 5) is 16.8. The first-order valence-electron chi connectivity index (χ1n) is 12.1. The first-order chi connectivity index (χ1) is 15.7. The number of aryl methyl sites for hydroxylation is 1. The number of benzene rings is 2. The molecule has 0 bridgehead atoms. The summed E-state index contributed by atoms with van der Waals surface area (Å²) in [6.45, 7) is 6.73. The minimum atomic E-state index is 0.196. The number of para-hydroxylation sites is 2. The summed E-state index contributed by atoms with van der Waals surface area (Å²) in [7, 11) is 0. The smallest absolute Gasteiger partial charge is 0.223 e. The summed E-state index contributed by atoms with van der Waals surface area (Å²) in [5.74, 6) is 3.02. The van der Waals surface area contributed by atoms with Crippen molar-refractivity contribution >= 4 is 16.9 Å². The first kappa shape index (κ1) is 22.4. The number of fused-ring (bicyclic) bond motifs is 1. The van der Waals surface area contributed by atoms with Crippen LogP contribution >= 0.6 is 0 Å². The van der Waals surface area contributed by atoms with Gasteiger partial charge in [0.15, 0.2) is 0 Å². The summed E-state index contributed by atoms with van der Waals surface area (Å²) >= 11 is 0. The lowest BCUT2D eigenvalue weighted by atomic mass is 9.99. The zero-order valence-corrected chi connectivity index (χ0v) is 19.3. The molecule has 2 aromatic carbocycles. The zero-order valence-electron chi connectivity index (χ0n) is 19.3. The maximum Gasteiger partial charge on any atom is 0.223 e. The summed E-state index contributed by atoms with van der Waals surface area (Å²) in [5.41, 5.74) is 3.55. The quantitative estimate of drug-likeness (QED) is 0.385. The van der Waals surface area contributed by atoms with Crippen molar-refractivity contribution < 1.29 is 9.53 Å². The van der Waals surface area contributed by atoms with E-state index >= 15 is 0 Å². The van der Waals surface area contributed by atoms with E-state index in [4.69, 9.17) is 9.72 Å². The average Bonchev–Trinajstić information content (AvgIpc) is 3.62. The predicted octanol–water partition coefficient (Wildman–Crippen LogP) is 5.48. The van der Waals surface area contributed by atoms with Gasteiger partial charge in [0.05, 0.1) is 17.6 Å². The molecule has 5 nitrogen and oxygen atoms in total. The number of hydrogen-bond acceptors (Lipinski definition) is 3. The van der Waals surface area contributed by atoms with E-state index in [9.17, 15) is 4.79 Å². The van der Waals surface area contributed by atoms with Crippen LogP contribution in [0.4, 0.5) is 0 Å². The molecule has 0 aliphatic heterocycles. The van der Waals surface area contributed by atoms with Crippen LogP contribution in [0.25, 0.3) is 11.0 Å². The van der Waals surface area contributed by atoms with Gasteiger partial charge in [0.25, 0.3) is 0 Å². The monoisotopic (exact) mass is 433 g/mol. The van der Waals surface area contributed by atoms with Gasteiger partial charge in [-0.25, -0.2) is 4.98 Å². The number of unbranched alkanes of at least 4 members (excludes halogenated alkanes) is 1. The highest BCUT2D eigenvalue weighted by Crippen LogP contribution is 2.28. The maximum atomic E-state index is 11.9. The van der Waals surface area contributed by atoms with Crippen molar-refractivity contribution in [3.8, 4) is 5.75 Å². The van der Waals surface area contributed by atoms with Crippen molar-refractivity contribution in [2.24, 2.45) is 5.92 Å². The van der Waals surface area contributed by atoms with Crippen molar-refractivity contribution in [3.05, 3.63) is 59.9 Å². The molecule has 0 radical (unpaired) electrons. The summed E-state index contributed by atoms with van der Waals surface area (Å²) in [5, 5.41) is 3.06. The SMILES string of the molecule is CCC(C)c1ccc(OCCCCn2c(CCNC(=O)C3CC3)nc3ccccc32)cc1. The van der Waals surface area contributed by atoms with E-state index < -0.39 is 0 Å². The second-order valence-electron chi connectivity index (χ2n) is 8.92. The van der Waals surface area contributed by atoms with E-state index in [0.717, 1.165) is 67.7 Å². The molecule has 4 rings (SSSR count). The van der Waals surface area contributed by atoms with Crippen molar-refractivity contribution in [2.75, 3.05) is 13.2 Å². The Morgan fingerprint density at radius 1 is 1.16 bits per heavy atom. The zero-order chi connectivity index (χ0) is 22.3. The Balaban J connectivity index is 1.27. The van der Waals surface area contributed by atoms with Gasteiger partial charge in [-0.2, -0.15) is 0 Å². The van der Waals surface area contributed by atoms with E-state index in [1.54, 1.807) is 0 Å². The Hall–Kier alpha value is -2.82. The van der Waals surface area contributed by atoms with Crippen molar-refractivity contribution in [1.82, 2.24) is 14.9 Å². The number of rotatable bonds is 12. The van der Waals surface area contributed by atoms with Gasteiger partial charge in [0.2, 0.25) is 5.91 Å². The Morgan fingerprint density at radius 3 is 2.69 bits per heavy atom. The molecular weight excluding hydrogens is 398 g/mol. The molecule has 0 saturated heterocycles. The molecular formula is C27H35N3O2. The van der Waals surface area contributed by atoms with Crippen LogP contribution in [0.5, 0.6) is 5.75 Å². The average molecular weight is 434 g/mol. The molecule has 32 heavy (non-hydrogen) atoms. The minimum Gasteiger partial charge on any atom is -0.494 e. The molecule has 1 fully saturated rings. The molecule has 170 valence electrons. The number of ether oxygens (including phenoxy) is 1. The molecule has 1 aliphatic carbocycles. The second kappa shape index (κ2) is 10.7. The number of hydrogen-bond donors (Lipinski definition) is 1. The highest BCUT2D eigenvalue weighted by Gasteiger charge is 2.29. The second-order valence-corrected chi connectivity index (χ2v) is 8.92. The topological polar surface area (TPSA) is 56.1 Å². The van der Waals surface area contributed by atoms with E-state index in [1.165, 1.54) is 5.56 Å². The lowest BCUT2D eigenvalue weighted by molar-refractivity contribution is -0.122. The molecule has 3 aromatic rings. The highest BCUT2D eigenvalue weighted by molar-refractivity contribution is 5.80. The number of aromatic nitrogens is 2. The lowest BCUT2D eigenvalue weighted by Gasteiger charge is -2.12. The number of carbonyl (C=O) groups excluding carboxylic acids is 1. The third-order valence-corrected chi connectivity index (χ3v) is 6.44. The van der Waals surface area contributed by atoms with Gasteiger partial charge in [-0.1, -0.05) is 38.1 Å². The van der Waals surface area contributed by atoms with Crippen LogP contribution in [0.15, 0.2) is 48.5 Å². The molecule has 1 heterocycles. The normalized spacial score (nSPS) is 14.4.